The minimum atomic E-state index is -0.298. The molecule has 1 aromatic heterocycles. The van der Waals surface area contributed by atoms with Gasteiger partial charge < -0.3 is 29.4 Å². The predicted molar refractivity (Wildman–Crippen MR) is 143 cm³/mol. The summed E-state index contributed by atoms with van der Waals surface area (Å²) >= 11 is 1.24. The van der Waals surface area contributed by atoms with Crippen molar-refractivity contribution in [3.8, 4) is 17.2 Å². The highest BCUT2D eigenvalue weighted by Crippen LogP contribution is 2.28. The highest BCUT2D eigenvalue weighted by Gasteiger charge is 2.15. The molecule has 3 rings (SSSR count). The van der Waals surface area contributed by atoms with Crippen LogP contribution in [0.25, 0.3) is 6.08 Å². The zero-order valence-electron chi connectivity index (χ0n) is 20.9. The van der Waals surface area contributed by atoms with Crippen LogP contribution in [-0.2, 0) is 22.7 Å². The molecule has 11 heteroatoms. The minimum Gasteiger partial charge on any atom is -0.495 e. The number of rotatable bonds is 13. The third-order valence-corrected chi connectivity index (χ3v) is 6.04. The first-order chi connectivity index (χ1) is 18.0. The Morgan fingerprint density at radius 2 is 1.78 bits per heavy atom. The van der Waals surface area contributed by atoms with Gasteiger partial charge in [-0.3, -0.25) is 9.59 Å². The molecule has 0 aliphatic rings. The number of ether oxygens (including phenoxy) is 3. The van der Waals surface area contributed by atoms with Crippen molar-refractivity contribution in [3.05, 3.63) is 72.6 Å². The van der Waals surface area contributed by atoms with Crippen molar-refractivity contribution in [3.63, 3.8) is 0 Å². The van der Waals surface area contributed by atoms with Crippen LogP contribution in [0.15, 0.2) is 66.4 Å². The number of nitrogens with zero attached hydrogens (tertiary/aromatic N) is 3. The molecule has 37 heavy (non-hydrogen) atoms. The molecule has 0 saturated heterocycles. The van der Waals surface area contributed by atoms with Crippen LogP contribution in [0.4, 0.5) is 5.69 Å². The molecule has 10 nitrogen and oxygen atoms in total. The predicted octanol–water partition coefficient (Wildman–Crippen LogP) is 3.55. The lowest BCUT2D eigenvalue weighted by molar-refractivity contribution is -0.116. The first-order valence-electron chi connectivity index (χ1n) is 11.3. The van der Waals surface area contributed by atoms with Gasteiger partial charge in [-0.25, -0.2) is 0 Å². The molecule has 0 saturated carbocycles. The SMILES string of the molecule is C=CCn1c(CNC(=O)C=Cc2ccc(OC)c(OC)c2)nnc1SCC(=O)Nc1ccccc1OC. The number of hydrogen-bond acceptors (Lipinski definition) is 8. The van der Waals surface area contributed by atoms with Crippen LogP contribution in [0.5, 0.6) is 17.2 Å². The Morgan fingerprint density at radius 3 is 2.51 bits per heavy atom. The second-order valence-electron chi connectivity index (χ2n) is 7.50. The zero-order chi connectivity index (χ0) is 26.6. The number of thioether (sulfide) groups is 1. The summed E-state index contributed by atoms with van der Waals surface area (Å²) in [5.41, 5.74) is 1.38. The van der Waals surface area contributed by atoms with E-state index in [2.05, 4.69) is 27.4 Å². The molecule has 0 atom stereocenters. The Hall–Kier alpha value is -4.25. The van der Waals surface area contributed by atoms with Crippen molar-refractivity contribution in [2.45, 2.75) is 18.2 Å². The lowest BCUT2D eigenvalue weighted by atomic mass is 10.2. The maximum Gasteiger partial charge on any atom is 0.244 e. The summed E-state index contributed by atoms with van der Waals surface area (Å²) in [7, 11) is 4.66. The zero-order valence-corrected chi connectivity index (χ0v) is 21.7. The topological polar surface area (TPSA) is 117 Å². The summed E-state index contributed by atoms with van der Waals surface area (Å²) in [4.78, 5) is 24.8. The van der Waals surface area contributed by atoms with Crippen LogP contribution < -0.4 is 24.8 Å². The second kappa shape index (κ2) is 13.7. The Balaban J connectivity index is 1.58. The van der Waals surface area contributed by atoms with Crippen molar-refractivity contribution >= 4 is 35.3 Å². The summed E-state index contributed by atoms with van der Waals surface area (Å²) in [6, 6.07) is 12.5. The molecule has 0 aliphatic heterocycles. The van der Waals surface area contributed by atoms with Gasteiger partial charge in [0.15, 0.2) is 22.5 Å². The molecular formula is C26H29N5O5S. The minimum absolute atomic E-state index is 0.119. The van der Waals surface area contributed by atoms with Gasteiger partial charge in [-0.1, -0.05) is 36.0 Å². The lowest BCUT2D eigenvalue weighted by Gasteiger charge is -2.10. The fourth-order valence-corrected chi connectivity index (χ4v) is 4.05. The summed E-state index contributed by atoms with van der Waals surface area (Å²) in [5.74, 6) is 1.91. The first kappa shape index (κ1) is 27.3. The van der Waals surface area contributed by atoms with Gasteiger partial charge in [0.1, 0.15) is 5.75 Å². The second-order valence-corrected chi connectivity index (χ2v) is 8.44. The van der Waals surface area contributed by atoms with E-state index in [1.807, 2.05) is 18.2 Å². The van der Waals surface area contributed by atoms with Crippen molar-refractivity contribution in [1.29, 1.82) is 0 Å². The van der Waals surface area contributed by atoms with Crippen LogP contribution in [0.2, 0.25) is 0 Å². The van der Waals surface area contributed by atoms with Crippen molar-refractivity contribution in [2.24, 2.45) is 0 Å². The maximum absolute atomic E-state index is 12.5. The number of benzene rings is 2. The highest BCUT2D eigenvalue weighted by atomic mass is 32.2. The third-order valence-electron chi connectivity index (χ3n) is 5.07. The Kier molecular flexibility index (Phi) is 10.1. The molecule has 0 fully saturated rings. The van der Waals surface area contributed by atoms with Crippen molar-refractivity contribution in [1.82, 2.24) is 20.1 Å². The molecule has 194 valence electrons. The number of hydrogen-bond donors (Lipinski definition) is 2. The summed E-state index contributed by atoms with van der Waals surface area (Å²) in [6.45, 7) is 4.36. The van der Waals surface area contributed by atoms with Crippen LogP contribution in [0.1, 0.15) is 11.4 Å². The molecule has 0 bridgehead atoms. The molecule has 1 heterocycles. The Morgan fingerprint density at radius 1 is 1.03 bits per heavy atom. The van der Waals surface area contributed by atoms with Crippen LogP contribution in [0.3, 0.4) is 0 Å². The number of nitrogens with one attached hydrogen (secondary N) is 2. The monoisotopic (exact) mass is 523 g/mol. The number of methoxy groups -OCH3 is 3. The van der Waals surface area contributed by atoms with Gasteiger partial charge in [0.05, 0.1) is 39.3 Å². The van der Waals surface area contributed by atoms with Gasteiger partial charge in [-0.2, -0.15) is 0 Å². The van der Waals surface area contributed by atoms with E-state index < -0.39 is 0 Å². The van der Waals surface area contributed by atoms with Gasteiger partial charge in [0.25, 0.3) is 0 Å². The smallest absolute Gasteiger partial charge is 0.244 e. The molecule has 2 aromatic carbocycles. The average Bonchev–Trinajstić information content (AvgIpc) is 3.31. The summed E-state index contributed by atoms with van der Waals surface area (Å²) in [6.07, 6.45) is 4.80. The number of aromatic nitrogens is 3. The first-order valence-corrected chi connectivity index (χ1v) is 12.2. The standard InChI is InChI=1S/C26H29N5O5S/c1-5-14-31-23(16-27-24(32)13-11-18-10-12-21(35-3)22(15-18)36-4)29-30-26(31)37-17-25(33)28-19-8-6-7-9-20(19)34-2/h5-13,15H,1,14,16-17H2,2-4H3,(H,27,32)(H,28,33). The number of carbonyl (C=O) groups is 2. The summed E-state index contributed by atoms with van der Waals surface area (Å²) in [5, 5.41) is 14.5. The quantitative estimate of drug-likeness (QED) is 0.199. The largest absolute Gasteiger partial charge is 0.495 e. The fourth-order valence-electron chi connectivity index (χ4n) is 3.29. The van der Waals surface area contributed by atoms with Gasteiger partial charge >= 0.3 is 0 Å². The normalized spacial score (nSPS) is 10.7. The Labute approximate surface area is 219 Å². The molecule has 0 radical (unpaired) electrons. The van der Waals surface area contributed by atoms with Crippen molar-refractivity contribution in [2.75, 3.05) is 32.4 Å². The lowest BCUT2D eigenvalue weighted by Crippen LogP contribution is -2.23. The number of amides is 2. The number of anilines is 1. The Bertz CT molecular complexity index is 1270. The number of carbonyl (C=O) groups excluding carboxylic acids is 2. The van der Waals surface area contributed by atoms with Gasteiger partial charge in [-0.15, -0.1) is 16.8 Å². The van der Waals surface area contributed by atoms with E-state index in [9.17, 15) is 9.59 Å². The van der Waals surface area contributed by atoms with Crippen LogP contribution >= 0.6 is 11.8 Å². The third kappa shape index (κ3) is 7.61. The van der Waals surface area contributed by atoms with Gasteiger partial charge in [0.2, 0.25) is 11.8 Å². The molecule has 2 N–H and O–H groups in total. The molecule has 0 spiro atoms. The van der Waals surface area contributed by atoms with E-state index in [-0.39, 0.29) is 24.1 Å². The van der Waals surface area contributed by atoms with E-state index in [1.165, 1.54) is 17.8 Å². The molecule has 0 unspecified atom stereocenters. The molecule has 2 amide bonds. The van der Waals surface area contributed by atoms with Crippen molar-refractivity contribution < 1.29 is 23.8 Å². The van der Waals surface area contributed by atoms with E-state index in [4.69, 9.17) is 14.2 Å². The molecule has 3 aromatic rings. The summed E-state index contributed by atoms with van der Waals surface area (Å²) < 4.78 is 17.6. The molecule has 0 aliphatic carbocycles. The van der Waals surface area contributed by atoms with E-state index in [1.54, 1.807) is 62.3 Å². The maximum atomic E-state index is 12.5. The molecular weight excluding hydrogens is 494 g/mol. The number of para-hydroxylation sites is 2. The number of allylic oxidation sites excluding steroid dienone is 1. The average molecular weight is 524 g/mol. The van der Waals surface area contributed by atoms with Gasteiger partial charge in [0, 0.05) is 12.6 Å². The van der Waals surface area contributed by atoms with E-state index >= 15 is 0 Å². The fraction of sp³-hybridized carbons (Fsp3) is 0.231. The highest BCUT2D eigenvalue weighted by molar-refractivity contribution is 7.99. The van der Waals surface area contributed by atoms with E-state index in [0.717, 1.165) is 5.56 Å². The van der Waals surface area contributed by atoms with Crippen LogP contribution in [0, 0.1) is 0 Å². The van der Waals surface area contributed by atoms with Gasteiger partial charge in [-0.05, 0) is 35.9 Å². The van der Waals surface area contributed by atoms with Crippen LogP contribution in [-0.4, -0.2) is 53.7 Å². The van der Waals surface area contributed by atoms with E-state index in [0.29, 0.717) is 40.5 Å².